The third-order valence-corrected chi connectivity index (χ3v) is 6.39. The molecule has 176 valence electrons. The molecule has 0 atom stereocenters. The number of nitrogens with two attached hydrogens (primary N) is 1. The van der Waals surface area contributed by atoms with E-state index in [0.717, 1.165) is 33.5 Å². The Bertz CT molecular complexity index is 1570. The average molecular weight is 485 g/mol. The Labute approximate surface area is 203 Å². The number of rotatable bonds is 8. The van der Waals surface area contributed by atoms with E-state index in [1.807, 2.05) is 77.4 Å². The molecule has 0 saturated carbocycles. The maximum atomic E-state index is 11.4. The molecule has 5 rings (SSSR count). The number of sulfonamides is 1. The first-order valence-corrected chi connectivity index (χ1v) is 12.9. The summed E-state index contributed by atoms with van der Waals surface area (Å²) in [6.07, 6.45) is 4.00. The molecule has 35 heavy (non-hydrogen) atoms. The van der Waals surface area contributed by atoms with Crippen LogP contribution in [-0.2, 0) is 23.0 Å². The number of nitrogens with zero attached hydrogens (tertiary/aromatic N) is 4. The largest absolute Gasteiger partial charge is 0.363 e. The summed E-state index contributed by atoms with van der Waals surface area (Å²) in [4.78, 5) is 9.28. The Morgan fingerprint density at radius 1 is 0.914 bits per heavy atom. The van der Waals surface area contributed by atoms with Crippen LogP contribution in [0.25, 0.3) is 28.0 Å². The number of hydrogen-bond donors (Lipinski definition) is 2. The highest BCUT2D eigenvalue weighted by Crippen LogP contribution is 2.31. The molecule has 0 spiro atoms. The van der Waals surface area contributed by atoms with Crippen molar-refractivity contribution in [3.63, 3.8) is 0 Å². The summed E-state index contributed by atoms with van der Waals surface area (Å²) in [5.74, 6) is 1.08. The second-order valence-corrected chi connectivity index (χ2v) is 9.90. The first kappa shape index (κ1) is 22.7. The van der Waals surface area contributed by atoms with Crippen molar-refractivity contribution in [3.8, 4) is 22.5 Å². The van der Waals surface area contributed by atoms with Crippen LogP contribution in [0.1, 0.15) is 11.3 Å². The van der Waals surface area contributed by atoms with Gasteiger partial charge in [0, 0.05) is 23.5 Å². The maximum absolute atomic E-state index is 11.4. The van der Waals surface area contributed by atoms with Crippen molar-refractivity contribution in [1.82, 2.24) is 19.6 Å². The molecule has 0 amide bonds. The second kappa shape index (κ2) is 9.65. The third kappa shape index (κ3) is 5.37. The molecule has 9 heteroatoms. The summed E-state index contributed by atoms with van der Waals surface area (Å²) in [5.41, 5.74) is 5.47. The highest BCUT2D eigenvalue weighted by Gasteiger charge is 2.16. The van der Waals surface area contributed by atoms with Crippen LogP contribution in [0.3, 0.4) is 0 Å². The van der Waals surface area contributed by atoms with Gasteiger partial charge in [0.2, 0.25) is 10.0 Å². The number of fused-ring (bicyclic) bond motifs is 1. The van der Waals surface area contributed by atoms with E-state index in [4.69, 9.17) is 15.2 Å². The van der Waals surface area contributed by atoms with E-state index >= 15 is 0 Å². The van der Waals surface area contributed by atoms with Gasteiger partial charge in [0.15, 0.2) is 11.6 Å². The molecule has 3 aromatic heterocycles. The lowest BCUT2D eigenvalue weighted by Crippen LogP contribution is -2.17. The number of aryl methyl sites for hydroxylation is 1. The highest BCUT2D eigenvalue weighted by molar-refractivity contribution is 7.89. The van der Waals surface area contributed by atoms with E-state index in [0.29, 0.717) is 24.6 Å². The summed E-state index contributed by atoms with van der Waals surface area (Å²) >= 11 is 0. The predicted molar refractivity (Wildman–Crippen MR) is 137 cm³/mol. The van der Waals surface area contributed by atoms with Gasteiger partial charge in [-0.05, 0) is 41.8 Å². The van der Waals surface area contributed by atoms with E-state index in [1.54, 1.807) is 6.20 Å². The quantitative estimate of drug-likeness (QED) is 0.345. The first-order chi connectivity index (χ1) is 17.0. The van der Waals surface area contributed by atoms with Gasteiger partial charge in [-0.1, -0.05) is 54.6 Å². The lowest BCUT2D eigenvalue weighted by atomic mass is 10.1. The van der Waals surface area contributed by atoms with Crippen molar-refractivity contribution in [2.45, 2.75) is 13.0 Å². The number of pyridine rings is 1. The van der Waals surface area contributed by atoms with E-state index in [9.17, 15) is 8.42 Å². The monoisotopic (exact) mass is 484 g/mol. The van der Waals surface area contributed by atoms with E-state index in [1.165, 1.54) is 0 Å². The molecule has 0 aliphatic rings. The number of nitrogens with one attached hydrogen (secondary N) is 1. The van der Waals surface area contributed by atoms with Crippen LogP contribution in [-0.4, -0.2) is 33.8 Å². The van der Waals surface area contributed by atoms with Crippen molar-refractivity contribution in [3.05, 3.63) is 103 Å². The van der Waals surface area contributed by atoms with E-state index in [-0.39, 0.29) is 5.75 Å². The fourth-order valence-corrected chi connectivity index (χ4v) is 4.44. The van der Waals surface area contributed by atoms with Gasteiger partial charge in [-0.25, -0.2) is 23.1 Å². The minimum absolute atomic E-state index is 0.120. The molecule has 0 saturated heterocycles. The molecular formula is C26H24N6O2S. The molecule has 3 N–H and O–H groups in total. The van der Waals surface area contributed by atoms with Crippen molar-refractivity contribution in [2.24, 2.45) is 5.14 Å². The molecule has 8 nitrogen and oxygen atoms in total. The zero-order chi connectivity index (χ0) is 24.3. The molecular weight excluding hydrogens is 460 g/mol. The van der Waals surface area contributed by atoms with Crippen LogP contribution < -0.4 is 10.5 Å². The number of benzene rings is 2. The molecule has 0 aliphatic carbocycles. The van der Waals surface area contributed by atoms with E-state index in [2.05, 4.69) is 22.4 Å². The Morgan fingerprint density at radius 2 is 1.71 bits per heavy atom. The van der Waals surface area contributed by atoms with Gasteiger partial charge >= 0.3 is 0 Å². The van der Waals surface area contributed by atoms with Gasteiger partial charge in [0.05, 0.1) is 18.0 Å². The summed E-state index contributed by atoms with van der Waals surface area (Å²) in [7, 11) is -3.54. The lowest BCUT2D eigenvalue weighted by molar-refractivity contribution is 0.597. The molecule has 3 heterocycles. The number of hydrogen-bond acceptors (Lipinski definition) is 6. The summed E-state index contributed by atoms with van der Waals surface area (Å²) < 4.78 is 24.6. The normalized spacial score (nSPS) is 11.6. The minimum atomic E-state index is -3.54. The summed E-state index contributed by atoms with van der Waals surface area (Å²) in [6.45, 7) is 0.501. The van der Waals surface area contributed by atoms with Crippen LogP contribution in [0.4, 0.5) is 5.82 Å². The molecule has 0 unspecified atom stereocenters. The van der Waals surface area contributed by atoms with Gasteiger partial charge < -0.3 is 5.32 Å². The molecule has 2 aromatic carbocycles. The second-order valence-electron chi connectivity index (χ2n) is 8.16. The number of anilines is 1. The van der Waals surface area contributed by atoms with Crippen LogP contribution in [0.2, 0.25) is 0 Å². The van der Waals surface area contributed by atoms with Crippen LogP contribution >= 0.6 is 0 Å². The Hall–Kier alpha value is -4.08. The SMILES string of the molecule is NS(=O)(=O)CCc1cccc(-c2nc(NCc3ccccn3)c3c(-c4ccccc4)ccn3n2)c1. The van der Waals surface area contributed by atoms with Gasteiger partial charge in [-0.2, -0.15) is 0 Å². The molecule has 0 bridgehead atoms. The van der Waals surface area contributed by atoms with Crippen LogP contribution in [0.15, 0.2) is 91.3 Å². The fraction of sp³-hybridized carbons (Fsp3) is 0.115. The first-order valence-electron chi connectivity index (χ1n) is 11.1. The van der Waals surface area contributed by atoms with Gasteiger partial charge in [0.25, 0.3) is 0 Å². The Morgan fingerprint density at radius 3 is 2.49 bits per heavy atom. The van der Waals surface area contributed by atoms with Crippen molar-refractivity contribution < 1.29 is 8.42 Å². The molecule has 0 radical (unpaired) electrons. The molecule has 5 aromatic rings. The standard InChI is InChI=1S/C26H24N6O2S/c27-35(33,34)16-13-19-7-6-10-21(17-19)25-30-26(29-18-22-11-4-5-14-28-22)24-23(12-15-32(24)31-25)20-8-2-1-3-9-20/h1-12,14-15,17H,13,16,18H2,(H2,27,33,34)(H,29,30,31). The van der Waals surface area contributed by atoms with Gasteiger partial charge in [0.1, 0.15) is 5.52 Å². The topological polar surface area (TPSA) is 115 Å². The van der Waals surface area contributed by atoms with E-state index < -0.39 is 10.0 Å². The Balaban J connectivity index is 1.57. The zero-order valence-electron chi connectivity index (χ0n) is 18.9. The average Bonchev–Trinajstić information content (AvgIpc) is 3.31. The van der Waals surface area contributed by atoms with Crippen molar-refractivity contribution in [1.29, 1.82) is 0 Å². The van der Waals surface area contributed by atoms with Gasteiger partial charge in [-0.3, -0.25) is 4.98 Å². The van der Waals surface area contributed by atoms with Crippen LogP contribution in [0.5, 0.6) is 0 Å². The lowest BCUT2D eigenvalue weighted by Gasteiger charge is -2.12. The highest BCUT2D eigenvalue weighted by atomic mass is 32.2. The molecule has 0 fully saturated rings. The third-order valence-electron chi connectivity index (χ3n) is 5.62. The summed E-state index contributed by atoms with van der Waals surface area (Å²) in [5, 5.41) is 13.4. The number of aromatic nitrogens is 4. The van der Waals surface area contributed by atoms with Crippen molar-refractivity contribution >= 4 is 21.4 Å². The van der Waals surface area contributed by atoms with Crippen molar-refractivity contribution in [2.75, 3.05) is 11.1 Å². The smallest absolute Gasteiger partial charge is 0.209 e. The fourth-order valence-electron chi connectivity index (χ4n) is 3.92. The predicted octanol–water partition coefficient (Wildman–Crippen LogP) is 3.90. The summed E-state index contributed by atoms with van der Waals surface area (Å²) in [6, 6.07) is 25.5. The minimum Gasteiger partial charge on any atom is -0.363 e. The number of primary sulfonamides is 1. The van der Waals surface area contributed by atoms with Crippen LogP contribution in [0, 0.1) is 0 Å². The molecule has 0 aliphatic heterocycles. The zero-order valence-corrected chi connectivity index (χ0v) is 19.7. The van der Waals surface area contributed by atoms with Gasteiger partial charge in [-0.15, -0.1) is 5.10 Å². The maximum Gasteiger partial charge on any atom is 0.209 e. The Kier molecular flexibility index (Phi) is 6.26.